The normalized spacial score (nSPS) is 19.2. The van der Waals surface area contributed by atoms with E-state index in [0.717, 1.165) is 6.29 Å². The van der Waals surface area contributed by atoms with Crippen molar-refractivity contribution in [1.29, 1.82) is 0 Å². The molecule has 0 N–H and O–H groups in total. The van der Waals surface area contributed by atoms with Gasteiger partial charge in [0.25, 0.3) is 0 Å². The second kappa shape index (κ2) is 5.27. The first-order valence-corrected chi connectivity index (χ1v) is 6.90. The molecule has 1 aromatic carbocycles. The Morgan fingerprint density at radius 3 is 2.76 bits per heavy atom. The smallest absolute Gasteiger partial charge is 0.409 e. The van der Waals surface area contributed by atoms with Crippen LogP contribution in [0.15, 0.2) is 18.2 Å². The van der Waals surface area contributed by atoms with Crippen molar-refractivity contribution < 1.29 is 23.8 Å². The van der Waals surface area contributed by atoms with Gasteiger partial charge in [-0.25, -0.2) is 4.79 Å². The van der Waals surface area contributed by atoms with Crippen LogP contribution in [-0.2, 0) is 4.74 Å². The number of hydrogen-bond donors (Lipinski definition) is 0. The average molecular weight is 291 g/mol. The number of nitrogens with zero attached hydrogens (tertiary/aromatic N) is 1. The van der Waals surface area contributed by atoms with Crippen molar-refractivity contribution in [3.63, 3.8) is 0 Å². The van der Waals surface area contributed by atoms with Crippen LogP contribution in [0.25, 0.3) is 0 Å². The molecule has 0 aliphatic carbocycles. The number of piperidine rings is 1. The van der Waals surface area contributed by atoms with Gasteiger partial charge >= 0.3 is 6.09 Å². The fraction of sp³-hybridized carbons (Fsp3) is 0.467. The number of likely N-dealkylation sites (tertiary alicyclic amines) is 1. The Labute approximate surface area is 122 Å². The average Bonchev–Trinajstić information content (AvgIpc) is 2.54. The highest BCUT2D eigenvalue weighted by atomic mass is 16.6. The standard InChI is InChI=1S/C15H17NO5/c1-19-14(18)16-6-4-15(5-7-16)10-20-13-8-11(9-17)2-3-12(13)21-15/h2-3,8-9H,4-7,10H2,1H3. The van der Waals surface area contributed by atoms with Crippen molar-refractivity contribution in [2.24, 2.45) is 0 Å². The monoisotopic (exact) mass is 291 g/mol. The second-order valence-corrected chi connectivity index (χ2v) is 5.35. The first kappa shape index (κ1) is 13.7. The van der Waals surface area contributed by atoms with E-state index >= 15 is 0 Å². The third-order valence-electron chi connectivity index (χ3n) is 4.03. The number of carbonyl (C=O) groups is 2. The minimum absolute atomic E-state index is 0.308. The van der Waals surface area contributed by atoms with E-state index < -0.39 is 5.60 Å². The van der Waals surface area contributed by atoms with Crippen molar-refractivity contribution >= 4 is 12.4 Å². The maximum atomic E-state index is 11.5. The first-order valence-electron chi connectivity index (χ1n) is 6.90. The van der Waals surface area contributed by atoms with Gasteiger partial charge < -0.3 is 19.1 Å². The van der Waals surface area contributed by atoms with Crippen LogP contribution >= 0.6 is 0 Å². The maximum absolute atomic E-state index is 11.5. The molecule has 0 unspecified atom stereocenters. The Hall–Kier alpha value is -2.24. The molecule has 1 saturated heterocycles. The molecule has 2 aliphatic rings. The van der Waals surface area contributed by atoms with Crippen molar-refractivity contribution in [1.82, 2.24) is 4.90 Å². The van der Waals surface area contributed by atoms with Crippen LogP contribution in [0.2, 0.25) is 0 Å². The van der Waals surface area contributed by atoms with Crippen molar-refractivity contribution in [3.05, 3.63) is 23.8 Å². The quantitative estimate of drug-likeness (QED) is 0.739. The molecule has 2 heterocycles. The third-order valence-corrected chi connectivity index (χ3v) is 4.03. The van der Waals surface area contributed by atoms with E-state index in [1.165, 1.54) is 7.11 Å². The van der Waals surface area contributed by atoms with Crippen LogP contribution in [0.5, 0.6) is 11.5 Å². The van der Waals surface area contributed by atoms with Crippen LogP contribution in [0.4, 0.5) is 4.79 Å². The maximum Gasteiger partial charge on any atom is 0.409 e. The molecule has 0 radical (unpaired) electrons. The number of rotatable bonds is 1. The SMILES string of the molecule is COC(=O)N1CCC2(CC1)COc1cc(C=O)ccc1O2. The van der Waals surface area contributed by atoms with Gasteiger partial charge in [-0.2, -0.15) is 0 Å². The van der Waals surface area contributed by atoms with E-state index in [9.17, 15) is 9.59 Å². The van der Waals surface area contributed by atoms with Gasteiger partial charge in [0.05, 0.1) is 7.11 Å². The van der Waals surface area contributed by atoms with Gasteiger partial charge in [0.2, 0.25) is 0 Å². The number of amides is 1. The molecule has 1 fully saturated rings. The fourth-order valence-electron chi connectivity index (χ4n) is 2.74. The third kappa shape index (κ3) is 2.53. The van der Waals surface area contributed by atoms with Crippen molar-refractivity contribution in [3.8, 4) is 11.5 Å². The minimum Gasteiger partial charge on any atom is -0.486 e. The molecule has 1 amide bonds. The Morgan fingerprint density at radius 1 is 1.33 bits per heavy atom. The summed E-state index contributed by atoms with van der Waals surface area (Å²) in [6.07, 6.45) is 1.86. The summed E-state index contributed by atoms with van der Waals surface area (Å²) in [5, 5.41) is 0. The highest BCUT2D eigenvalue weighted by molar-refractivity contribution is 5.76. The van der Waals surface area contributed by atoms with Gasteiger partial charge in [0.1, 0.15) is 18.5 Å². The summed E-state index contributed by atoms with van der Waals surface area (Å²) < 4.78 is 16.6. The molecule has 1 spiro atoms. The van der Waals surface area contributed by atoms with Gasteiger partial charge in [-0.3, -0.25) is 4.79 Å². The molecule has 21 heavy (non-hydrogen) atoms. The zero-order valence-electron chi connectivity index (χ0n) is 11.8. The number of methoxy groups -OCH3 is 1. The summed E-state index contributed by atoms with van der Waals surface area (Å²) in [5.74, 6) is 1.25. The van der Waals surface area contributed by atoms with Crippen LogP contribution in [0.3, 0.4) is 0 Å². The summed E-state index contributed by atoms with van der Waals surface area (Å²) in [6, 6.07) is 5.14. The second-order valence-electron chi connectivity index (χ2n) is 5.35. The summed E-state index contributed by atoms with van der Waals surface area (Å²) >= 11 is 0. The number of carbonyl (C=O) groups excluding carboxylic acids is 2. The molecular formula is C15H17NO5. The van der Waals surface area contributed by atoms with Crippen molar-refractivity contribution in [2.75, 3.05) is 26.8 Å². The van der Waals surface area contributed by atoms with Crippen LogP contribution in [0, 0.1) is 0 Å². The van der Waals surface area contributed by atoms with Crippen molar-refractivity contribution in [2.45, 2.75) is 18.4 Å². The molecule has 112 valence electrons. The lowest BCUT2D eigenvalue weighted by atomic mass is 9.91. The zero-order chi connectivity index (χ0) is 14.9. The fourth-order valence-corrected chi connectivity index (χ4v) is 2.74. The Bertz CT molecular complexity index is 563. The zero-order valence-corrected chi connectivity index (χ0v) is 11.8. The Morgan fingerprint density at radius 2 is 2.10 bits per heavy atom. The number of aldehydes is 1. The lowest BCUT2D eigenvalue weighted by molar-refractivity contribution is -0.0493. The van der Waals surface area contributed by atoms with E-state index in [1.54, 1.807) is 23.1 Å². The molecule has 0 atom stereocenters. The van der Waals surface area contributed by atoms with Gasteiger partial charge in [-0.15, -0.1) is 0 Å². The molecule has 0 aromatic heterocycles. The predicted octanol–water partition coefficient (Wildman–Crippen LogP) is 1.87. The number of hydrogen-bond acceptors (Lipinski definition) is 5. The molecule has 0 saturated carbocycles. The first-order chi connectivity index (χ1) is 10.2. The number of ether oxygens (including phenoxy) is 3. The highest BCUT2D eigenvalue weighted by Crippen LogP contribution is 2.39. The van der Waals surface area contributed by atoms with Gasteiger partial charge in [0, 0.05) is 31.5 Å². The van der Waals surface area contributed by atoms with E-state index in [1.807, 2.05) is 0 Å². The molecule has 3 rings (SSSR count). The van der Waals surface area contributed by atoms with Gasteiger partial charge in [-0.1, -0.05) is 0 Å². The minimum atomic E-state index is -0.403. The molecule has 1 aromatic rings. The highest BCUT2D eigenvalue weighted by Gasteiger charge is 2.42. The Kier molecular flexibility index (Phi) is 3.45. The summed E-state index contributed by atoms with van der Waals surface area (Å²) in [7, 11) is 1.38. The molecule has 2 aliphatic heterocycles. The summed E-state index contributed by atoms with van der Waals surface area (Å²) in [6.45, 7) is 1.59. The summed E-state index contributed by atoms with van der Waals surface area (Å²) in [5.41, 5.74) is 0.161. The lowest BCUT2D eigenvalue weighted by Crippen LogP contribution is -2.54. The topological polar surface area (TPSA) is 65.1 Å². The summed E-state index contributed by atoms with van der Waals surface area (Å²) in [4.78, 5) is 23.9. The van der Waals surface area contributed by atoms with Gasteiger partial charge in [-0.05, 0) is 18.2 Å². The Balaban J connectivity index is 1.72. The predicted molar refractivity (Wildman–Crippen MR) is 73.9 cm³/mol. The number of benzene rings is 1. The van der Waals surface area contributed by atoms with E-state index in [2.05, 4.69) is 0 Å². The van der Waals surface area contributed by atoms with E-state index in [4.69, 9.17) is 14.2 Å². The van der Waals surface area contributed by atoms with Crippen LogP contribution in [0.1, 0.15) is 23.2 Å². The molecule has 0 bridgehead atoms. The molecular weight excluding hydrogens is 274 g/mol. The number of fused-ring (bicyclic) bond motifs is 1. The van der Waals surface area contributed by atoms with Crippen LogP contribution in [-0.4, -0.2) is 49.7 Å². The van der Waals surface area contributed by atoms with E-state index in [-0.39, 0.29) is 6.09 Å². The van der Waals surface area contributed by atoms with Crippen LogP contribution < -0.4 is 9.47 Å². The lowest BCUT2D eigenvalue weighted by Gasteiger charge is -2.43. The van der Waals surface area contributed by atoms with Gasteiger partial charge in [0.15, 0.2) is 11.5 Å². The van der Waals surface area contributed by atoms with E-state index in [0.29, 0.717) is 49.6 Å². The molecule has 6 heteroatoms. The molecule has 6 nitrogen and oxygen atoms in total. The largest absolute Gasteiger partial charge is 0.486 e.